The fraction of sp³-hybridized carbons (Fsp3) is 0.364. The molecule has 0 aliphatic heterocycles. The van der Waals surface area contributed by atoms with Crippen LogP contribution in [0.4, 0.5) is 5.69 Å². The van der Waals surface area contributed by atoms with Crippen LogP contribution in [0.5, 0.6) is 0 Å². The summed E-state index contributed by atoms with van der Waals surface area (Å²) in [5.41, 5.74) is 0.737. The van der Waals surface area contributed by atoms with Crippen LogP contribution in [-0.2, 0) is 0 Å². The van der Waals surface area contributed by atoms with E-state index in [0.29, 0.717) is 10.5 Å². The Morgan fingerprint density at radius 2 is 2.31 bits per heavy atom. The number of rotatable bonds is 4. The zero-order chi connectivity index (χ0) is 12.1. The van der Waals surface area contributed by atoms with Crippen LogP contribution in [-0.4, -0.2) is 17.2 Å². The van der Waals surface area contributed by atoms with Crippen LogP contribution in [0.1, 0.15) is 25.8 Å². The van der Waals surface area contributed by atoms with Crippen molar-refractivity contribution in [1.29, 1.82) is 0 Å². The molecule has 1 aromatic carbocycles. The average molecular weight is 238 g/mol. The molecule has 0 bridgehead atoms. The largest absolute Gasteiger partial charge is 0.290 e. The quantitative estimate of drug-likeness (QED) is 0.379. The molecule has 0 aliphatic carbocycles. The molecule has 0 saturated carbocycles. The van der Waals surface area contributed by atoms with Gasteiger partial charge in [0, 0.05) is 34.8 Å². The van der Waals surface area contributed by atoms with Crippen molar-refractivity contribution in [3.05, 3.63) is 33.9 Å². The Bertz CT molecular complexity index is 418. The minimum absolute atomic E-state index is 0.0587. The molecule has 0 spiro atoms. The number of thiol groups is 1. The van der Waals surface area contributed by atoms with Gasteiger partial charge in [0.1, 0.15) is 0 Å². The van der Waals surface area contributed by atoms with Crippen LogP contribution in [0.15, 0.2) is 28.1 Å². The van der Waals surface area contributed by atoms with E-state index in [1.54, 1.807) is 12.3 Å². The lowest BCUT2D eigenvalue weighted by atomic mass is 10.2. The van der Waals surface area contributed by atoms with Crippen molar-refractivity contribution < 1.29 is 4.92 Å². The highest BCUT2D eigenvalue weighted by Gasteiger charge is 2.07. The summed E-state index contributed by atoms with van der Waals surface area (Å²) < 4.78 is 0. The van der Waals surface area contributed by atoms with E-state index in [-0.39, 0.29) is 11.7 Å². The fourth-order valence-electron chi connectivity index (χ4n) is 1.07. The maximum atomic E-state index is 10.6. The third kappa shape index (κ3) is 3.34. The molecule has 1 aromatic rings. The number of nitrogens with zero attached hydrogens (tertiary/aromatic N) is 2. The first-order valence-corrected chi connectivity index (χ1v) is 5.50. The SMILES string of the molecule is CCC(C)N=Cc1cc([N+](=O)[O-])ccc1S. The van der Waals surface area contributed by atoms with Crippen LogP contribution in [0.2, 0.25) is 0 Å². The van der Waals surface area contributed by atoms with Gasteiger partial charge in [-0.2, -0.15) is 0 Å². The van der Waals surface area contributed by atoms with E-state index in [9.17, 15) is 10.1 Å². The van der Waals surface area contributed by atoms with Crippen LogP contribution >= 0.6 is 12.6 Å². The summed E-state index contributed by atoms with van der Waals surface area (Å²) in [5.74, 6) is 0. The van der Waals surface area contributed by atoms with Gasteiger partial charge in [-0.3, -0.25) is 15.1 Å². The average Bonchev–Trinajstić information content (AvgIpc) is 2.27. The molecule has 0 saturated heterocycles. The molecule has 1 rings (SSSR count). The Labute approximate surface area is 100.0 Å². The molecule has 86 valence electrons. The van der Waals surface area contributed by atoms with Crippen molar-refractivity contribution in [2.75, 3.05) is 0 Å². The van der Waals surface area contributed by atoms with E-state index in [0.717, 1.165) is 6.42 Å². The molecule has 5 heteroatoms. The van der Waals surface area contributed by atoms with Crippen molar-refractivity contribution in [3.8, 4) is 0 Å². The Morgan fingerprint density at radius 3 is 2.88 bits per heavy atom. The summed E-state index contributed by atoms with van der Waals surface area (Å²) in [6.07, 6.45) is 2.58. The van der Waals surface area contributed by atoms with E-state index < -0.39 is 4.92 Å². The summed E-state index contributed by atoms with van der Waals surface area (Å²) >= 11 is 4.23. The van der Waals surface area contributed by atoms with Gasteiger partial charge >= 0.3 is 0 Å². The van der Waals surface area contributed by atoms with E-state index in [2.05, 4.69) is 17.6 Å². The Kier molecular flexibility index (Phi) is 4.49. The van der Waals surface area contributed by atoms with Crippen molar-refractivity contribution in [1.82, 2.24) is 0 Å². The van der Waals surface area contributed by atoms with Gasteiger partial charge in [0.2, 0.25) is 0 Å². The molecule has 1 atom stereocenters. The number of nitro groups is 1. The molecule has 0 aliphatic rings. The van der Waals surface area contributed by atoms with E-state index in [1.165, 1.54) is 12.1 Å². The van der Waals surface area contributed by atoms with Gasteiger partial charge in [0.15, 0.2) is 0 Å². The molecular formula is C11H14N2O2S. The first-order valence-electron chi connectivity index (χ1n) is 5.05. The van der Waals surface area contributed by atoms with Crippen molar-refractivity contribution in [2.24, 2.45) is 4.99 Å². The number of non-ortho nitro benzene ring substituents is 1. The van der Waals surface area contributed by atoms with Gasteiger partial charge in [-0.25, -0.2) is 0 Å². The maximum absolute atomic E-state index is 10.6. The zero-order valence-electron chi connectivity index (χ0n) is 9.25. The van der Waals surface area contributed by atoms with Gasteiger partial charge in [0.05, 0.1) is 4.92 Å². The van der Waals surface area contributed by atoms with E-state index in [4.69, 9.17) is 0 Å². The molecular weight excluding hydrogens is 224 g/mol. The molecule has 16 heavy (non-hydrogen) atoms. The Balaban J connectivity index is 2.98. The van der Waals surface area contributed by atoms with Gasteiger partial charge in [-0.05, 0) is 19.4 Å². The third-order valence-corrected chi connectivity index (χ3v) is 2.69. The van der Waals surface area contributed by atoms with Crippen LogP contribution in [0.3, 0.4) is 0 Å². The summed E-state index contributed by atoms with van der Waals surface area (Å²) in [6.45, 7) is 4.03. The second kappa shape index (κ2) is 5.65. The van der Waals surface area contributed by atoms with Gasteiger partial charge < -0.3 is 0 Å². The molecule has 0 N–H and O–H groups in total. The van der Waals surface area contributed by atoms with Crippen LogP contribution in [0.25, 0.3) is 0 Å². The Morgan fingerprint density at radius 1 is 1.62 bits per heavy atom. The highest BCUT2D eigenvalue weighted by atomic mass is 32.1. The smallest absolute Gasteiger partial charge is 0.270 e. The highest BCUT2D eigenvalue weighted by molar-refractivity contribution is 7.80. The van der Waals surface area contributed by atoms with Crippen LogP contribution in [0, 0.1) is 10.1 Å². The predicted octanol–water partition coefficient (Wildman–Crippen LogP) is 3.10. The van der Waals surface area contributed by atoms with Crippen molar-refractivity contribution >= 4 is 24.5 Å². The topological polar surface area (TPSA) is 55.5 Å². The van der Waals surface area contributed by atoms with Crippen molar-refractivity contribution in [3.63, 3.8) is 0 Å². The van der Waals surface area contributed by atoms with Gasteiger partial charge in [-0.1, -0.05) is 6.92 Å². The van der Waals surface area contributed by atoms with E-state index >= 15 is 0 Å². The van der Waals surface area contributed by atoms with Crippen molar-refractivity contribution in [2.45, 2.75) is 31.2 Å². The van der Waals surface area contributed by atoms with E-state index in [1.807, 2.05) is 13.8 Å². The second-order valence-electron chi connectivity index (χ2n) is 3.54. The zero-order valence-corrected chi connectivity index (χ0v) is 10.1. The lowest BCUT2D eigenvalue weighted by Crippen LogP contribution is -1.97. The minimum Gasteiger partial charge on any atom is -0.290 e. The first-order chi connectivity index (χ1) is 7.54. The number of hydrogen-bond donors (Lipinski definition) is 1. The number of hydrogen-bond acceptors (Lipinski definition) is 4. The fourth-order valence-corrected chi connectivity index (χ4v) is 1.27. The molecule has 0 fully saturated rings. The molecule has 4 nitrogen and oxygen atoms in total. The summed E-state index contributed by atoms with van der Waals surface area (Å²) in [6, 6.07) is 4.74. The van der Waals surface area contributed by atoms with Gasteiger partial charge in [0.25, 0.3) is 5.69 Å². The summed E-state index contributed by atoms with van der Waals surface area (Å²) in [4.78, 5) is 15.1. The maximum Gasteiger partial charge on any atom is 0.270 e. The summed E-state index contributed by atoms with van der Waals surface area (Å²) in [7, 11) is 0. The Hall–Kier alpha value is -1.36. The molecule has 0 amide bonds. The number of benzene rings is 1. The van der Waals surface area contributed by atoms with Crippen LogP contribution < -0.4 is 0 Å². The molecule has 0 heterocycles. The molecule has 1 unspecified atom stereocenters. The lowest BCUT2D eigenvalue weighted by molar-refractivity contribution is -0.384. The minimum atomic E-state index is -0.423. The number of nitro benzene ring substituents is 1. The lowest BCUT2D eigenvalue weighted by Gasteiger charge is -2.02. The monoisotopic (exact) mass is 238 g/mol. The molecule has 0 radical (unpaired) electrons. The number of aliphatic imine (C=N–C) groups is 1. The highest BCUT2D eigenvalue weighted by Crippen LogP contribution is 2.19. The first kappa shape index (κ1) is 12.7. The molecule has 0 aromatic heterocycles. The standard InChI is InChI=1S/C11H14N2O2S/c1-3-8(2)12-7-9-6-10(13(14)15)4-5-11(9)16/h4-8,16H,3H2,1-2H3. The third-order valence-electron chi connectivity index (χ3n) is 2.28. The second-order valence-corrected chi connectivity index (χ2v) is 4.02. The predicted molar refractivity (Wildman–Crippen MR) is 67.7 cm³/mol. The normalized spacial score (nSPS) is 12.9. The van der Waals surface area contributed by atoms with Gasteiger partial charge in [-0.15, -0.1) is 12.6 Å². The summed E-state index contributed by atoms with van der Waals surface area (Å²) in [5, 5.41) is 10.6.